The highest BCUT2D eigenvalue weighted by atomic mass is 13.9. The highest BCUT2D eigenvalue weighted by Gasteiger charge is 1.79. The summed E-state index contributed by atoms with van der Waals surface area (Å²) in [6.45, 7) is 6.02. The van der Waals surface area contributed by atoms with E-state index in [1.54, 1.807) is 0 Å². The van der Waals surface area contributed by atoms with E-state index in [9.17, 15) is 0 Å². The van der Waals surface area contributed by atoms with Crippen LogP contribution in [0.1, 0.15) is 51.9 Å². The van der Waals surface area contributed by atoms with Crippen LogP contribution in [0.4, 0.5) is 0 Å². The fraction of sp³-hybridized carbons (Fsp3) is 0.615. The van der Waals surface area contributed by atoms with Crippen molar-refractivity contribution in [3.63, 3.8) is 0 Å². The van der Waals surface area contributed by atoms with Crippen molar-refractivity contribution in [2.24, 2.45) is 0 Å². The molecule has 0 aromatic heterocycles. The Morgan fingerprint density at radius 1 is 0.846 bits per heavy atom. The molecular weight excluding hydrogens is 156 g/mol. The van der Waals surface area contributed by atoms with Crippen molar-refractivity contribution in [1.29, 1.82) is 0 Å². The summed E-state index contributed by atoms with van der Waals surface area (Å²) in [4.78, 5) is 0. The molecule has 0 aromatic rings. The Morgan fingerprint density at radius 2 is 1.38 bits per heavy atom. The fourth-order valence-electron chi connectivity index (χ4n) is 1.10. The fourth-order valence-corrected chi connectivity index (χ4v) is 1.10. The molecule has 0 fully saturated rings. The Morgan fingerprint density at radius 3 is 1.92 bits per heavy atom. The van der Waals surface area contributed by atoms with E-state index in [0.29, 0.717) is 0 Å². The van der Waals surface area contributed by atoms with Gasteiger partial charge in [0.1, 0.15) is 0 Å². The van der Waals surface area contributed by atoms with Crippen LogP contribution in [-0.4, -0.2) is 0 Å². The van der Waals surface area contributed by atoms with E-state index in [0.717, 1.165) is 12.8 Å². The number of hydrogen-bond acceptors (Lipinski definition) is 0. The van der Waals surface area contributed by atoms with E-state index in [4.69, 9.17) is 0 Å². The predicted molar refractivity (Wildman–Crippen MR) is 61.6 cm³/mol. The molecule has 0 rings (SSSR count). The Balaban J connectivity index is 3.10. The summed E-state index contributed by atoms with van der Waals surface area (Å²) in [7, 11) is 0. The molecule has 0 saturated carbocycles. The first-order chi connectivity index (χ1) is 6.41. The van der Waals surface area contributed by atoms with E-state index in [2.05, 4.69) is 38.2 Å². The highest BCUT2D eigenvalue weighted by Crippen LogP contribution is 1.99. The zero-order valence-electron chi connectivity index (χ0n) is 8.97. The molecule has 0 aliphatic heterocycles. The minimum Gasteiger partial charge on any atom is -0.0885 e. The first kappa shape index (κ1) is 12.5. The van der Waals surface area contributed by atoms with Crippen LogP contribution in [0.25, 0.3) is 0 Å². The second-order valence-corrected chi connectivity index (χ2v) is 3.30. The van der Waals surface area contributed by atoms with E-state index in [-0.39, 0.29) is 0 Å². The first-order valence-electron chi connectivity index (χ1n) is 5.51. The van der Waals surface area contributed by atoms with E-state index in [1.165, 1.54) is 32.1 Å². The van der Waals surface area contributed by atoms with Gasteiger partial charge in [-0.1, -0.05) is 51.0 Å². The van der Waals surface area contributed by atoms with Gasteiger partial charge in [0.05, 0.1) is 0 Å². The minimum atomic E-state index is 1.02. The summed E-state index contributed by atoms with van der Waals surface area (Å²) >= 11 is 0. The molecular formula is C13H23. The van der Waals surface area contributed by atoms with Gasteiger partial charge in [0.25, 0.3) is 0 Å². The van der Waals surface area contributed by atoms with E-state index >= 15 is 0 Å². The second-order valence-electron chi connectivity index (χ2n) is 3.30. The number of hydrogen-bond donors (Lipinski definition) is 0. The molecule has 75 valence electrons. The summed E-state index contributed by atoms with van der Waals surface area (Å²) in [6.07, 6.45) is 17.5. The topological polar surface area (TPSA) is 0 Å². The first-order valence-corrected chi connectivity index (χ1v) is 5.51. The number of unbranched alkanes of at least 4 members (excludes halogenated alkanes) is 4. The number of allylic oxidation sites excluding steroid dienone is 4. The average molecular weight is 179 g/mol. The van der Waals surface area contributed by atoms with Gasteiger partial charge in [-0.3, -0.25) is 0 Å². The maximum atomic E-state index is 3.79. The van der Waals surface area contributed by atoms with Crippen LogP contribution in [0.3, 0.4) is 0 Å². The van der Waals surface area contributed by atoms with Gasteiger partial charge in [0.15, 0.2) is 0 Å². The third kappa shape index (κ3) is 11.5. The maximum Gasteiger partial charge on any atom is -0.0316 e. The molecule has 0 aliphatic rings. The molecule has 0 unspecified atom stereocenters. The molecule has 0 aliphatic carbocycles. The summed E-state index contributed by atoms with van der Waals surface area (Å²) in [5.41, 5.74) is 0. The van der Waals surface area contributed by atoms with Gasteiger partial charge in [-0.05, 0) is 32.1 Å². The molecule has 0 amide bonds. The Kier molecular flexibility index (Phi) is 11.0. The van der Waals surface area contributed by atoms with Crippen LogP contribution in [0.15, 0.2) is 24.3 Å². The predicted octanol–water partition coefficient (Wildman–Crippen LogP) is 4.68. The molecule has 0 heteroatoms. The molecule has 0 bridgehead atoms. The SMILES string of the molecule is [CH2]CCC=CCCC=CCCCC. The molecule has 13 heavy (non-hydrogen) atoms. The van der Waals surface area contributed by atoms with Gasteiger partial charge >= 0.3 is 0 Å². The van der Waals surface area contributed by atoms with Crippen molar-refractivity contribution in [1.82, 2.24) is 0 Å². The lowest BCUT2D eigenvalue weighted by molar-refractivity contribution is 0.811. The largest absolute Gasteiger partial charge is 0.0885 e. The second kappa shape index (κ2) is 11.5. The maximum absolute atomic E-state index is 3.79. The summed E-state index contributed by atoms with van der Waals surface area (Å²) in [5, 5.41) is 0. The summed E-state index contributed by atoms with van der Waals surface area (Å²) < 4.78 is 0. The molecule has 0 atom stereocenters. The lowest BCUT2D eigenvalue weighted by atomic mass is 10.2. The van der Waals surface area contributed by atoms with Crippen LogP contribution >= 0.6 is 0 Å². The Labute approximate surface area is 83.7 Å². The normalized spacial score (nSPS) is 11.8. The molecule has 0 spiro atoms. The zero-order valence-corrected chi connectivity index (χ0v) is 8.97. The monoisotopic (exact) mass is 179 g/mol. The summed E-state index contributed by atoms with van der Waals surface area (Å²) in [6, 6.07) is 0. The van der Waals surface area contributed by atoms with Crippen molar-refractivity contribution < 1.29 is 0 Å². The van der Waals surface area contributed by atoms with Crippen LogP contribution in [0, 0.1) is 6.92 Å². The lowest BCUT2D eigenvalue weighted by Crippen LogP contribution is -1.69. The van der Waals surface area contributed by atoms with Crippen molar-refractivity contribution in [2.75, 3.05) is 0 Å². The molecule has 0 aromatic carbocycles. The van der Waals surface area contributed by atoms with E-state index in [1.807, 2.05) is 0 Å². The molecule has 0 heterocycles. The molecule has 0 N–H and O–H groups in total. The van der Waals surface area contributed by atoms with Crippen molar-refractivity contribution in [3.05, 3.63) is 31.2 Å². The van der Waals surface area contributed by atoms with Gasteiger partial charge in [-0.15, -0.1) is 0 Å². The molecule has 1 radical (unpaired) electrons. The van der Waals surface area contributed by atoms with Crippen LogP contribution < -0.4 is 0 Å². The Bertz CT molecular complexity index is 131. The third-order valence-corrected chi connectivity index (χ3v) is 1.93. The van der Waals surface area contributed by atoms with Crippen LogP contribution in [0.5, 0.6) is 0 Å². The molecule has 0 saturated heterocycles. The van der Waals surface area contributed by atoms with Crippen LogP contribution in [-0.2, 0) is 0 Å². The smallest absolute Gasteiger partial charge is 0.0316 e. The van der Waals surface area contributed by atoms with Gasteiger partial charge in [0.2, 0.25) is 0 Å². The Hall–Kier alpha value is -0.520. The summed E-state index contributed by atoms with van der Waals surface area (Å²) in [5.74, 6) is 0. The van der Waals surface area contributed by atoms with Crippen molar-refractivity contribution in [3.8, 4) is 0 Å². The molecule has 0 nitrogen and oxygen atoms in total. The number of rotatable bonds is 8. The minimum absolute atomic E-state index is 1.02. The van der Waals surface area contributed by atoms with Crippen molar-refractivity contribution in [2.45, 2.75) is 51.9 Å². The third-order valence-electron chi connectivity index (χ3n) is 1.93. The van der Waals surface area contributed by atoms with E-state index < -0.39 is 0 Å². The van der Waals surface area contributed by atoms with Crippen LogP contribution in [0.2, 0.25) is 0 Å². The van der Waals surface area contributed by atoms with Crippen molar-refractivity contribution >= 4 is 0 Å². The van der Waals surface area contributed by atoms with Gasteiger partial charge < -0.3 is 0 Å². The van der Waals surface area contributed by atoms with Gasteiger partial charge in [-0.2, -0.15) is 0 Å². The quantitative estimate of drug-likeness (QED) is 0.375. The standard InChI is InChI=1S/C13H23/c1-3-5-7-9-11-13-12-10-8-6-4-2/h7,9-10,12H,1,3-6,8,11,13H2,2H3. The van der Waals surface area contributed by atoms with Gasteiger partial charge in [-0.25, -0.2) is 0 Å². The highest BCUT2D eigenvalue weighted by molar-refractivity contribution is 4.88. The zero-order chi connectivity index (χ0) is 9.78. The lowest BCUT2D eigenvalue weighted by Gasteiger charge is -1.89. The van der Waals surface area contributed by atoms with Gasteiger partial charge in [0, 0.05) is 0 Å². The average Bonchev–Trinajstić information content (AvgIpc) is 2.16.